The summed E-state index contributed by atoms with van der Waals surface area (Å²) in [6.45, 7) is 6.65. The van der Waals surface area contributed by atoms with E-state index in [1.165, 1.54) is 28.4 Å². The Morgan fingerprint density at radius 3 is 0.868 bits per heavy atom. The summed E-state index contributed by atoms with van der Waals surface area (Å²) in [7, 11) is 5.88. The molecule has 8 bridgehead atoms. The molecule has 76 heavy (non-hydrogen) atoms. The summed E-state index contributed by atoms with van der Waals surface area (Å²) in [6, 6.07) is 46.5. The molecule has 4 amide bonds. The summed E-state index contributed by atoms with van der Waals surface area (Å²) in [4.78, 5) is 70.2. The molecule has 4 aromatic heterocycles. The molecular weight excluding hydrogens is 961 g/mol. The Hall–Kier alpha value is -8.80. The number of ether oxygens (including phenoxy) is 4. The van der Waals surface area contributed by atoms with Crippen LogP contribution in [-0.2, 0) is 38.1 Å². The molecule has 16 nitrogen and oxygen atoms in total. The van der Waals surface area contributed by atoms with Crippen LogP contribution in [0.1, 0.15) is 72.7 Å². The molecule has 0 spiro atoms. The lowest BCUT2D eigenvalue weighted by molar-refractivity contribution is -0.125. The van der Waals surface area contributed by atoms with Crippen molar-refractivity contribution in [3.63, 3.8) is 0 Å². The fourth-order valence-electron chi connectivity index (χ4n) is 9.12. The summed E-state index contributed by atoms with van der Waals surface area (Å²) in [6.07, 6.45) is -3.20. The van der Waals surface area contributed by atoms with Gasteiger partial charge >= 0.3 is 0 Å². The molecule has 8 N–H and O–H groups in total. The van der Waals surface area contributed by atoms with Crippen LogP contribution in [0.5, 0.6) is 0 Å². The maximum absolute atomic E-state index is 13.8. The highest BCUT2D eigenvalue weighted by atomic mass is 16.5. The molecule has 0 fully saturated rings. The second kappa shape index (κ2) is 22.8. The second-order valence-corrected chi connectivity index (χ2v) is 18.3. The first-order valence-corrected chi connectivity index (χ1v) is 24.8. The van der Waals surface area contributed by atoms with E-state index in [1.54, 1.807) is 64.1 Å². The number of amides is 4. The van der Waals surface area contributed by atoms with Gasteiger partial charge in [-0.25, -0.2) is 0 Å². The van der Waals surface area contributed by atoms with Crippen LogP contribution in [-0.4, -0.2) is 96.4 Å². The molecular formula is C60H60N8O8. The number of aromatic amines is 4. The third-order valence-corrected chi connectivity index (χ3v) is 13.6. The van der Waals surface area contributed by atoms with Crippen LogP contribution in [0.4, 0.5) is 22.7 Å². The molecule has 0 saturated carbocycles. The number of methoxy groups -OCH3 is 4. The molecule has 0 aliphatic carbocycles. The third-order valence-electron chi connectivity index (χ3n) is 13.6. The highest BCUT2D eigenvalue weighted by Crippen LogP contribution is 2.37. The lowest BCUT2D eigenvalue weighted by atomic mass is 9.97. The SMILES string of the molecule is CO[C@@H](C)C(=O)Nc1cccc(NC(=O)[C@H](C)OC)c1C1=c2ccc([nH]2)=C(c2ccccc2)c2ccc([nH]2)C(c2c(NC(=O)[C@H](C)OC)cccc2NC(=O)[C@H](C)OC)=c2ccc([nH]2)=C(c2ccccc2)c2ccc1[nH]2. The van der Waals surface area contributed by atoms with Gasteiger partial charge in [-0.15, -0.1) is 0 Å². The van der Waals surface area contributed by atoms with Crippen molar-refractivity contribution < 1.29 is 38.1 Å². The van der Waals surface area contributed by atoms with Gasteiger partial charge in [-0.05, 0) is 112 Å². The average Bonchev–Trinajstić information content (AvgIpc) is 4.31. The van der Waals surface area contributed by atoms with Crippen molar-refractivity contribution in [1.29, 1.82) is 0 Å². The molecule has 4 aromatic carbocycles. The van der Waals surface area contributed by atoms with Gasteiger partial charge in [-0.2, -0.15) is 0 Å². The number of fused-ring (bicyclic) bond motifs is 8. The molecule has 8 aromatic rings. The number of hydrogen-bond donors (Lipinski definition) is 8. The summed E-state index contributed by atoms with van der Waals surface area (Å²) >= 11 is 0. The van der Waals surface area contributed by atoms with Gasteiger partial charge < -0.3 is 60.2 Å². The summed E-state index contributed by atoms with van der Waals surface area (Å²) in [5.74, 6) is -1.56. The Labute approximate surface area is 439 Å². The first-order chi connectivity index (χ1) is 36.8. The molecule has 9 rings (SSSR count). The van der Waals surface area contributed by atoms with Crippen LogP contribution >= 0.6 is 0 Å². The number of hydrogen-bond acceptors (Lipinski definition) is 8. The van der Waals surface area contributed by atoms with Crippen molar-refractivity contribution in [1.82, 2.24) is 19.9 Å². The van der Waals surface area contributed by atoms with Crippen molar-refractivity contribution in [3.05, 3.63) is 212 Å². The molecule has 1 aliphatic heterocycles. The van der Waals surface area contributed by atoms with Crippen LogP contribution in [0.15, 0.2) is 146 Å². The highest BCUT2D eigenvalue weighted by molar-refractivity contribution is 6.06. The third kappa shape index (κ3) is 10.6. The van der Waals surface area contributed by atoms with E-state index in [1.807, 2.05) is 109 Å². The summed E-state index contributed by atoms with van der Waals surface area (Å²) in [5.41, 5.74) is 10.0. The molecule has 1 aliphatic rings. The largest absolute Gasteiger partial charge is 0.372 e. The van der Waals surface area contributed by atoms with Crippen molar-refractivity contribution in [2.45, 2.75) is 52.1 Å². The fraction of sp³-hybridized carbons (Fsp3) is 0.200. The maximum atomic E-state index is 13.8. The minimum atomic E-state index is -0.799. The molecule has 388 valence electrons. The van der Waals surface area contributed by atoms with E-state index in [-0.39, 0.29) is 23.6 Å². The Kier molecular flexibility index (Phi) is 15.6. The van der Waals surface area contributed by atoms with Gasteiger partial charge in [0.25, 0.3) is 23.6 Å². The van der Waals surface area contributed by atoms with Crippen molar-refractivity contribution in [2.24, 2.45) is 0 Å². The second-order valence-electron chi connectivity index (χ2n) is 18.3. The highest BCUT2D eigenvalue weighted by Gasteiger charge is 2.27. The van der Waals surface area contributed by atoms with Crippen molar-refractivity contribution in [2.75, 3.05) is 49.7 Å². The molecule has 0 radical (unpaired) electrons. The van der Waals surface area contributed by atoms with Crippen LogP contribution in [0.2, 0.25) is 0 Å². The molecule has 0 unspecified atom stereocenters. The van der Waals surface area contributed by atoms with E-state index >= 15 is 0 Å². The first-order valence-electron chi connectivity index (χ1n) is 24.8. The standard InChI is InChI=1S/C60H60N8O8/c1-33(73-5)57(69)65-39-21-15-22-40(66-58(70)34(2)74-6)53(39)55-47-29-25-43(61-47)51(37-17-11-9-12-18-37)45-27-31-49(63-45)56(50-32-28-46(64-50)52(38-19-13-10-14-20-38)44-26-30-48(55)62-44)54-41(67-59(71)35(3)75-7)23-16-24-42(54)68-60(72)36(4)76-8/h9-36,61-64H,1-8H3,(H,65,69)(H,66,70)(H,67,71)(H,68,72)/t33-,34-,35-,36-/m0/s1. The molecule has 16 heteroatoms. The first kappa shape index (κ1) is 52.1. The molecule has 0 saturated heterocycles. The summed E-state index contributed by atoms with van der Waals surface area (Å²) < 4.78 is 21.8. The number of nitrogens with one attached hydrogen (secondary N) is 8. The van der Waals surface area contributed by atoms with E-state index in [9.17, 15) is 19.2 Å². The number of rotatable bonds is 16. The number of H-pyrrole nitrogens is 4. The number of anilines is 4. The monoisotopic (exact) mass is 1020 g/mol. The molecule has 4 atom stereocenters. The zero-order valence-electron chi connectivity index (χ0n) is 43.4. The van der Waals surface area contributed by atoms with Crippen LogP contribution < -0.4 is 42.7 Å². The van der Waals surface area contributed by atoms with E-state index in [0.717, 1.165) is 44.4 Å². The van der Waals surface area contributed by atoms with Crippen molar-refractivity contribution in [3.8, 4) is 0 Å². The molecule has 5 heterocycles. The van der Waals surface area contributed by atoms with Crippen LogP contribution in [0.25, 0.3) is 22.3 Å². The minimum absolute atomic E-state index is 0.389. The Morgan fingerprint density at radius 2 is 0.592 bits per heavy atom. The van der Waals surface area contributed by atoms with Gasteiger partial charge in [-0.1, -0.05) is 72.8 Å². The van der Waals surface area contributed by atoms with Gasteiger partial charge in [0.15, 0.2) is 0 Å². The summed E-state index contributed by atoms with van der Waals surface area (Å²) in [5, 5.41) is 15.1. The number of carbonyl (C=O) groups excluding carboxylic acids is 4. The smallest absolute Gasteiger partial charge is 0.253 e. The fourth-order valence-corrected chi connectivity index (χ4v) is 9.12. The minimum Gasteiger partial charge on any atom is -0.372 e. The van der Waals surface area contributed by atoms with E-state index in [0.29, 0.717) is 67.1 Å². The number of aromatic nitrogens is 4. The van der Waals surface area contributed by atoms with E-state index in [2.05, 4.69) is 41.2 Å². The van der Waals surface area contributed by atoms with Gasteiger partial charge in [-0.3, -0.25) is 19.2 Å². The Bertz CT molecular complexity index is 3390. The normalized spacial score (nSPS) is 13.9. The number of benzene rings is 4. The predicted molar refractivity (Wildman–Crippen MR) is 294 cm³/mol. The lowest BCUT2D eigenvalue weighted by Gasteiger charge is -2.21. The zero-order chi connectivity index (χ0) is 53.6. The van der Waals surface area contributed by atoms with Gasteiger partial charge in [0, 0.05) is 106 Å². The lowest BCUT2D eigenvalue weighted by Crippen LogP contribution is -2.29. The topological polar surface area (TPSA) is 216 Å². The Morgan fingerprint density at radius 1 is 0.329 bits per heavy atom. The zero-order valence-corrected chi connectivity index (χ0v) is 43.4. The van der Waals surface area contributed by atoms with Crippen LogP contribution in [0, 0.1) is 0 Å². The van der Waals surface area contributed by atoms with Gasteiger partial charge in [0.05, 0.1) is 22.7 Å². The predicted octanol–water partition coefficient (Wildman–Crippen LogP) is 6.20. The maximum Gasteiger partial charge on any atom is 0.253 e. The quantitative estimate of drug-likeness (QED) is 0.0557. The van der Waals surface area contributed by atoms with Gasteiger partial charge in [0.1, 0.15) is 24.4 Å². The van der Waals surface area contributed by atoms with E-state index in [4.69, 9.17) is 18.9 Å². The van der Waals surface area contributed by atoms with Crippen LogP contribution in [0.3, 0.4) is 0 Å². The Balaban J connectivity index is 1.43. The number of carbonyl (C=O) groups is 4. The average molecular weight is 1020 g/mol. The van der Waals surface area contributed by atoms with E-state index < -0.39 is 24.4 Å². The van der Waals surface area contributed by atoms with Crippen molar-refractivity contribution >= 4 is 68.7 Å². The van der Waals surface area contributed by atoms with Gasteiger partial charge in [0.2, 0.25) is 0 Å².